The number of benzene rings is 2. The van der Waals surface area contributed by atoms with E-state index in [0.29, 0.717) is 30.9 Å². The summed E-state index contributed by atoms with van der Waals surface area (Å²) in [5.74, 6) is -0.223. The summed E-state index contributed by atoms with van der Waals surface area (Å²) in [6, 6.07) is 12.0. The maximum atomic E-state index is 12.2. The summed E-state index contributed by atoms with van der Waals surface area (Å²) in [7, 11) is 0. The Balaban J connectivity index is 2.02. The third kappa shape index (κ3) is 7.59. The molecule has 2 rings (SSSR count). The van der Waals surface area contributed by atoms with Gasteiger partial charge in [0.25, 0.3) is 5.91 Å². The highest BCUT2D eigenvalue weighted by atomic mass is 16.5. The molecule has 186 valence electrons. The van der Waals surface area contributed by atoms with Gasteiger partial charge in [-0.15, -0.1) is 0 Å². The van der Waals surface area contributed by atoms with Gasteiger partial charge in [0.05, 0.1) is 5.60 Å². The van der Waals surface area contributed by atoms with Crippen molar-refractivity contribution >= 4 is 11.9 Å². The van der Waals surface area contributed by atoms with Gasteiger partial charge in [0, 0.05) is 5.56 Å². The van der Waals surface area contributed by atoms with Crippen molar-refractivity contribution in [3.8, 4) is 5.75 Å². The number of aliphatic carboxylic acids is 1. The molecule has 0 heterocycles. The standard InChI is InChI=1S/C28H39NO5/c1-6-22(23-12-14-25(20(5)16-23)34-18-28(33,7-2)8-3)11-9-21-10-13-24(19(4)15-21)27(32)29-17-26(30)31/h10,12-16,22,33H,6-9,11,17-18H2,1-5H3,(H,29,32)(H,30,31). The third-order valence-electron chi connectivity index (χ3n) is 6.69. The number of carboxylic acids is 1. The van der Waals surface area contributed by atoms with E-state index in [1.54, 1.807) is 6.07 Å². The van der Waals surface area contributed by atoms with E-state index < -0.39 is 11.6 Å². The minimum atomic E-state index is -1.06. The number of carbonyl (C=O) groups is 2. The SMILES string of the molecule is CCC(CCc1ccc(C(=O)NCC(=O)O)c(C)c1)c1ccc(OCC(O)(CC)CC)c(C)c1. The highest BCUT2D eigenvalue weighted by Gasteiger charge is 2.23. The largest absolute Gasteiger partial charge is 0.490 e. The fourth-order valence-electron chi connectivity index (χ4n) is 4.09. The molecule has 0 aliphatic rings. The van der Waals surface area contributed by atoms with Gasteiger partial charge in [0.1, 0.15) is 18.9 Å². The van der Waals surface area contributed by atoms with Gasteiger partial charge in [-0.25, -0.2) is 0 Å². The highest BCUT2D eigenvalue weighted by molar-refractivity contribution is 5.97. The zero-order valence-electron chi connectivity index (χ0n) is 21.1. The van der Waals surface area contributed by atoms with Crippen LogP contribution < -0.4 is 10.1 Å². The summed E-state index contributed by atoms with van der Waals surface area (Å²) >= 11 is 0. The molecule has 2 aromatic rings. The second kappa shape index (κ2) is 12.6. The van der Waals surface area contributed by atoms with Crippen LogP contribution in [0.4, 0.5) is 0 Å². The summed E-state index contributed by atoms with van der Waals surface area (Å²) < 4.78 is 5.94. The van der Waals surface area contributed by atoms with E-state index in [4.69, 9.17) is 9.84 Å². The minimum Gasteiger partial charge on any atom is -0.490 e. The van der Waals surface area contributed by atoms with Crippen LogP contribution in [0.15, 0.2) is 36.4 Å². The molecule has 0 fully saturated rings. The molecule has 0 aliphatic heterocycles. The molecule has 0 saturated heterocycles. The number of hydrogen-bond acceptors (Lipinski definition) is 4. The predicted octanol–water partition coefficient (Wildman–Crippen LogP) is 5.17. The normalized spacial score (nSPS) is 12.3. The van der Waals surface area contributed by atoms with E-state index in [9.17, 15) is 14.7 Å². The Hall–Kier alpha value is -2.86. The van der Waals surface area contributed by atoms with Crippen molar-refractivity contribution < 1.29 is 24.5 Å². The molecule has 0 bridgehead atoms. The second-order valence-corrected chi connectivity index (χ2v) is 9.11. The molecular weight excluding hydrogens is 430 g/mol. The molecule has 0 radical (unpaired) electrons. The first-order valence-corrected chi connectivity index (χ1v) is 12.2. The molecule has 1 atom stereocenters. The molecule has 0 spiro atoms. The zero-order valence-corrected chi connectivity index (χ0v) is 21.1. The molecule has 0 saturated carbocycles. The summed E-state index contributed by atoms with van der Waals surface area (Å²) in [6.07, 6.45) is 4.19. The van der Waals surface area contributed by atoms with Crippen molar-refractivity contribution in [2.75, 3.05) is 13.2 Å². The Morgan fingerprint density at radius 2 is 1.74 bits per heavy atom. The van der Waals surface area contributed by atoms with E-state index in [2.05, 4.69) is 24.4 Å². The van der Waals surface area contributed by atoms with Crippen LogP contribution in [0.25, 0.3) is 0 Å². The van der Waals surface area contributed by atoms with E-state index in [0.717, 1.165) is 41.7 Å². The third-order valence-corrected chi connectivity index (χ3v) is 6.69. The number of aliphatic hydroxyl groups is 1. The van der Waals surface area contributed by atoms with Gasteiger partial charge in [-0.1, -0.05) is 45.0 Å². The number of amides is 1. The van der Waals surface area contributed by atoms with Gasteiger partial charge in [-0.2, -0.15) is 0 Å². The molecule has 3 N–H and O–H groups in total. The maximum absolute atomic E-state index is 12.2. The minimum absolute atomic E-state index is 0.293. The summed E-state index contributed by atoms with van der Waals surface area (Å²) in [4.78, 5) is 22.8. The van der Waals surface area contributed by atoms with E-state index >= 15 is 0 Å². The van der Waals surface area contributed by atoms with Crippen molar-refractivity contribution in [2.45, 2.75) is 78.2 Å². The Morgan fingerprint density at radius 3 is 2.29 bits per heavy atom. The summed E-state index contributed by atoms with van der Waals surface area (Å²) in [6.45, 7) is 9.95. The summed E-state index contributed by atoms with van der Waals surface area (Å²) in [5, 5.41) is 21.6. The van der Waals surface area contributed by atoms with Crippen LogP contribution in [-0.4, -0.2) is 40.8 Å². The van der Waals surface area contributed by atoms with Crippen LogP contribution in [0.1, 0.15) is 85.0 Å². The van der Waals surface area contributed by atoms with E-state index in [-0.39, 0.29) is 12.5 Å². The molecule has 34 heavy (non-hydrogen) atoms. The highest BCUT2D eigenvalue weighted by Crippen LogP contribution is 2.30. The Labute approximate surface area is 203 Å². The van der Waals surface area contributed by atoms with E-state index in [1.165, 1.54) is 5.56 Å². The maximum Gasteiger partial charge on any atom is 0.322 e. The first-order chi connectivity index (χ1) is 16.1. The Morgan fingerprint density at radius 1 is 1.03 bits per heavy atom. The van der Waals surface area contributed by atoms with Gasteiger partial charge in [-0.3, -0.25) is 9.59 Å². The molecule has 1 amide bonds. The lowest BCUT2D eigenvalue weighted by atomic mass is 9.89. The lowest BCUT2D eigenvalue weighted by molar-refractivity contribution is -0.135. The number of carbonyl (C=O) groups excluding carboxylic acids is 1. The Bertz CT molecular complexity index is 981. The second-order valence-electron chi connectivity index (χ2n) is 9.11. The number of carboxylic acid groups (broad SMARTS) is 1. The van der Waals surface area contributed by atoms with E-state index in [1.807, 2.05) is 45.9 Å². The van der Waals surface area contributed by atoms with Crippen molar-refractivity contribution in [2.24, 2.45) is 0 Å². The van der Waals surface area contributed by atoms with Gasteiger partial charge < -0.3 is 20.3 Å². The van der Waals surface area contributed by atoms with Crippen molar-refractivity contribution in [3.63, 3.8) is 0 Å². The molecular formula is C28H39NO5. The van der Waals surface area contributed by atoms with Crippen LogP contribution in [0.2, 0.25) is 0 Å². The number of ether oxygens (including phenoxy) is 1. The molecule has 0 aliphatic carbocycles. The lowest BCUT2D eigenvalue weighted by Crippen LogP contribution is -2.34. The molecule has 6 nitrogen and oxygen atoms in total. The molecule has 0 aromatic heterocycles. The van der Waals surface area contributed by atoms with Crippen molar-refractivity contribution in [1.29, 1.82) is 0 Å². The van der Waals surface area contributed by atoms with Crippen molar-refractivity contribution in [3.05, 3.63) is 64.2 Å². The zero-order chi connectivity index (χ0) is 25.3. The lowest BCUT2D eigenvalue weighted by Gasteiger charge is -2.26. The number of nitrogens with one attached hydrogen (secondary N) is 1. The van der Waals surface area contributed by atoms with Crippen LogP contribution in [0, 0.1) is 13.8 Å². The van der Waals surface area contributed by atoms with Crippen LogP contribution >= 0.6 is 0 Å². The molecule has 2 aromatic carbocycles. The average Bonchev–Trinajstić information content (AvgIpc) is 2.82. The predicted molar refractivity (Wildman–Crippen MR) is 135 cm³/mol. The van der Waals surface area contributed by atoms with Gasteiger partial charge in [0.15, 0.2) is 0 Å². The molecule has 6 heteroatoms. The van der Waals surface area contributed by atoms with Gasteiger partial charge in [-0.05, 0) is 86.3 Å². The number of aryl methyl sites for hydroxylation is 3. The smallest absolute Gasteiger partial charge is 0.322 e. The summed E-state index contributed by atoms with van der Waals surface area (Å²) in [5.41, 5.74) is 4.04. The first kappa shape index (κ1) is 27.4. The first-order valence-electron chi connectivity index (χ1n) is 12.2. The van der Waals surface area contributed by atoms with Crippen LogP contribution in [-0.2, 0) is 11.2 Å². The fraction of sp³-hybridized carbons (Fsp3) is 0.500. The average molecular weight is 470 g/mol. The number of rotatable bonds is 13. The topological polar surface area (TPSA) is 95.9 Å². The molecule has 1 unspecified atom stereocenters. The Kier molecular flexibility index (Phi) is 10.1. The number of hydrogen-bond donors (Lipinski definition) is 3. The monoisotopic (exact) mass is 469 g/mol. The fourth-order valence-corrected chi connectivity index (χ4v) is 4.09. The van der Waals surface area contributed by atoms with Gasteiger partial charge >= 0.3 is 5.97 Å². The van der Waals surface area contributed by atoms with Crippen molar-refractivity contribution in [1.82, 2.24) is 5.32 Å². The van der Waals surface area contributed by atoms with Crippen LogP contribution in [0.3, 0.4) is 0 Å². The van der Waals surface area contributed by atoms with Crippen LogP contribution in [0.5, 0.6) is 5.75 Å². The van der Waals surface area contributed by atoms with Gasteiger partial charge in [0.2, 0.25) is 0 Å². The quantitative estimate of drug-likeness (QED) is 0.376.